The molecular weight excluding hydrogens is 374 g/mol. The molecule has 0 aliphatic carbocycles. The lowest BCUT2D eigenvalue weighted by Gasteiger charge is -2.25. The largest absolute Gasteiger partial charge is 0.343 e. The van der Waals surface area contributed by atoms with Gasteiger partial charge in [-0.1, -0.05) is 60.1 Å². The highest BCUT2D eigenvalue weighted by atomic mass is 35.5. The smallest absolute Gasteiger partial charge is 0.257 e. The van der Waals surface area contributed by atoms with Crippen molar-refractivity contribution in [2.45, 2.75) is 6.54 Å². The molecule has 0 saturated heterocycles. The van der Waals surface area contributed by atoms with E-state index < -0.39 is 0 Å². The number of nitrogens with zero attached hydrogens (tertiary/aromatic N) is 1. The number of hydrogen-bond donors (Lipinski definition) is 2. The zero-order chi connectivity index (χ0) is 19.8. The molecule has 2 N–H and O–H groups in total. The van der Waals surface area contributed by atoms with Crippen molar-refractivity contribution in [2.75, 3.05) is 11.6 Å². The van der Waals surface area contributed by atoms with Gasteiger partial charge in [-0.25, -0.2) is 0 Å². The molecule has 5 nitrogen and oxygen atoms in total. The summed E-state index contributed by atoms with van der Waals surface area (Å²) in [6.45, 7) is 0.362. The van der Waals surface area contributed by atoms with Gasteiger partial charge in [-0.3, -0.25) is 20.0 Å². The van der Waals surface area contributed by atoms with Gasteiger partial charge in [0.05, 0.1) is 18.8 Å². The molecule has 0 heterocycles. The zero-order valence-corrected chi connectivity index (χ0v) is 15.9. The molecule has 0 aliphatic rings. The van der Waals surface area contributed by atoms with Gasteiger partial charge in [0.1, 0.15) is 0 Å². The van der Waals surface area contributed by atoms with E-state index in [9.17, 15) is 9.59 Å². The Morgan fingerprint density at radius 2 is 1.43 bits per heavy atom. The van der Waals surface area contributed by atoms with E-state index in [1.165, 1.54) is 0 Å². The number of para-hydroxylation sites is 1. The molecule has 3 aromatic rings. The molecule has 0 aromatic heterocycles. The van der Waals surface area contributed by atoms with Crippen LogP contribution >= 0.6 is 11.6 Å². The maximum Gasteiger partial charge on any atom is 0.257 e. The van der Waals surface area contributed by atoms with Crippen molar-refractivity contribution < 1.29 is 9.59 Å². The molecule has 0 fully saturated rings. The molecule has 0 atom stereocenters. The van der Waals surface area contributed by atoms with Crippen LogP contribution in [0.3, 0.4) is 0 Å². The standard InChI is InChI=1S/C22H20ClN3O2/c23-19-13-11-18(12-14-19)22(28)24-15-21(27)25-26(20-9-5-2-6-10-20)16-17-7-3-1-4-8-17/h1-14H,15-16H2,(H,24,28)(H,25,27). The SMILES string of the molecule is O=C(CNC(=O)c1ccc(Cl)cc1)NN(Cc1ccccc1)c1ccccc1. The van der Waals surface area contributed by atoms with Crippen molar-refractivity contribution in [3.05, 3.63) is 101 Å². The number of carbonyl (C=O) groups is 2. The van der Waals surface area contributed by atoms with Gasteiger partial charge >= 0.3 is 0 Å². The summed E-state index contributed by atoms with van der Waals surface area (Å²) < 4.78 is 0. The average molecular weight is 394 g/mol. The molecule has 0 radical (unpaired) electrons. The van der Waals surface area contributed by atoms with Crippen molar-refractivity contribution in [3.63, 3.8) is 0 Å². The molecule has 0 spiro atoms. The van der Waals surface area contributed by atoms with Crippen LogP contribution in [-0.2, 0) is 11.3 Å². The van der Waals surface area contributed by atoms with Crippen LogP contribution in [-0.4, -0.2) is 18.4 Å². The Morgan fingerprint density at radius 1 is 0.821 bits per heavy atom. The fraction of sp³-hybridized carbons (Fsp3) is 0.0909. The number of benzene rings is 3. The quantitative estimate of drug-likeness (QED) is 0.600. The van der Waals surface area contributed by atoms with E-state index in [0.29, 0.717) is 17.1 Å². The number of nitrogens with one attached hydrogen (secondary N) is 2. The van der Waals surface area contributed by atoms with Crippen molar-refractivity contribution in [1.29, 1.82) is 0 Å². The van der Waals surface area contributed by atoms with Crippen LogP contribution < -0.4 is 15.8 Å². The molecule has 3 aromatic carbocycles. The van der Waals surface area contributed by atoms with Gasteiger partial charge < -0.3 is 5.32 Å². The highest BCUT2D eigenvalue weighted by Gasteiger charge is 2.13. The summed E-state index contributed by atoms with van der Waals surface area (Å²) in [4.78, 5) is 24.6. The molecule has 0 unspecified atom stereocenters. The van der Waals surface area contributed by atoms with Gasteiger partial charge in [-0.2, -0.15) is 0 Å². The van der Waals surface area contributed by atoms with E-state index in [0.717, 1.165) is 11.3 Å². The van der Waals surface area contributed by atoms with Gasteiger partial charge in [-0.05, 0) is 42.0 Å². The number of amides is 2. The number of halogens is 1. The first kappa shape index (κ1) is 19.5. The second-order valence-corrected chi connectivity index (χ2v) is 6.57. The predicted octanol–water partition coefficient (Wildman–Crippen LogP) is 3.81. The first-order valence-electron chi connectivity index (χ1n) is 8.81. The Bertz CT molecular complexity index is 916. The third kappa shape index (κ3) is 5.59. The summed E-state index contributed by atoms with van der Waals surface area (Å²) in [5, 5.41) is 4.92. The molecule has 28 heavy (non-hydrogen) atoms. The molecule has 0 saturated carbocycles. The third-order valence-corrected chi connectivity index (χ3v) is 4.28. The van der Waals surface area contributed by atoms with Gasteiger partial charge in [0.25, 0.3) is 11.8 Å². The lowest BCUT2D eigenvalue weighted by molar-refractivity contribution is -0.120. The Labute approximate surface area is 168 Å². The van der Waals surface area contributed by atoms with E-state index in [-0.39, 0.29) is 18.4 Å². The summed E-state index contributed by atoms with van der Waals surface area (Å²) in [5.74, 6) is -0.650. The monoisotopic (exact) mass is 393 g/mol. The topological polar surface area (TPSA) is 61.4 Å². The van der Waals surface area contributed by atoms with Crippen LogP contribution in [0.2, 0.25) is 5.02 Å². The predicted molar refractivity (Wildman–Crippen MR) is 111 cm³/mol. The maximum atomic E-state index is 12.4. The minimum absolute atomic E-state index is 0.139. The number of anilines is 1. The van der Waals surface area contributed by atoms with Gasteiger partial charge in [0.15, 0.2) is 0 Å². The molecule has 0 bridgehead atoms. The van der Waals surface area contributed by atoms with E-state index in [1.807, 2.05) is 60.7 Å². The third-order valence-electron chi connectivity index (χ3n) is 4.03. The lowest BCUT2D eigenvalue weighted by atomic mass is 10.2. The summed E-state index contributed by atoms with van der Waals surface area (Å²) in [6, 6.07) is 25.9. The van der Waals surface area contributed by atoms with Gasteiger partial charge in [0, 0.05) is 10.6 Å². The highest BCUT2D eigenvalue weighted by Crippen LogP contribution is 2.14. The molecular formula is C22H20ClN3O2. The Kier molecular flexibility index (Phi) is 6.65. The van der Waals surface area contributed by atoms with Crippen LogP contribution in [0.1, 0.15) is 15.9 Å². The minimum atomic E-state index is -0.332. The molecule has 6 heteroatoms. The van der Waals surface area contributed by atoms with Gasteiger partial charge in [-0.15, -0.1) is 0 Å². The highest BCUT2D eigenvalue weighted by molar-refractivity contribution is 6.30. The normalized spacial score (nSPS) is 10.2. The Hall–Kier alpha value is -3.31. The van der Waals surface area contributed by atoms with Crippen LogP contribution in [0.15, 0.2) is 84.9 Å². The van der Waals surface area contributed by atoms with Crippen LogP contribution in [0.25, 0.3) is 0 Å². The molecule has 3 rings (SSSR count). The second-order valence-electron chi connectivity index (χ2n) is 6.13. The molecule has 0 aliphatic heterocycles. The van der Waals surface area contributed by atoms with E-state index >= 15 is 0 Å². The molecule has 142 valence electrons. The van der Waals surface area contributed by atoms with E-state index in [1.54, 1.807) is 29.3 Å². The number of carbonyl (C=O) groups excluding carboxylic acids is 2. The summed E-state index contributed by atoms with van der Waals surface area (Å²) in [6.07, 6.45) is 0. The number of hydrazine groups is 1. The van der Waals surface area contributed by atoms with Crippen molar-refractivity contribution >= 4 is 29.1 Å². The lowest BCUT2D eigenvalue weighted by Crippen LogP contribution is -2.46. The first-order chi connectivity index (χ1) is 13.6. The molecule has 2 amide bonds. The number of hydrogen-bond acceptors (Lipinski definition) is 3. The van der Waals surface area contributed by atoms with Gasteiger partial charge in [0.2, 0.25) is 0 Å². The Morgan fingerprint density at radius 3 is 2.07 bits per heavy atom. The first-order valence-corrected chi connectivity index (χ1v) is 9.19. The van der Waals surface area contributed by atoms with Crippen molar-refractivity contribution in [1.82, 2.24) is 10.7 Å². The summed E-state index contributed by atoms with van der Waals surface area (Å²) in [5.41, 5.74) is 5.21. The fourth-order valence-electron chi connectivity index (χ4n) is 2.62. The minimum Gasteiger partial charge on any atom is -0.343 e. The van der Waals surface area contributed by atoms with E-state index in [2.05, 4.69) is 10.7 Å². The second kappa shape index (κ2) is 9.58. The van der Waals surface area contributed by atoms with Crippen molar-refractivity contribution in [3.8, 4) is 0 Å². The Balaban J connectivity index is 1.62. The van der Waals surface area contributed by atoms with E-state index in [4.69, 9.17) is 11.6 Å². The van der Waals surface area contributed by atoms with Crippen molar-refractivity contribution in [2.24, 2.45) is 0 Å². The number of rotatable bonds is 7. The van der Waals surface area contributed by atoms with Crippen LogP contribution in [0.4, 0.5) is 5.69 Å². The fourth-order valence-corrected chi connectivity index (χ4v) is 2.75. The van der Waals surface area contributed by atoms with Crippen LogP contribution in [0, 0.1) is 0 Å². The summed E-state index contributed by atoms with van der Waals surface area (Å²) >= 11 is 5.82. The maximum absolute atomic E-state index is 12.4. The summed E-state index contributed by atoms with van der Waals surface area (Å²) in [7, 11) is 0. The average Bonchev–Trinajstić information content (AvgIpc) is 2.73. The van der Waals surface area contributed by atoms with Crippen LogP contribution in [0.5, 0.6) is 0 Å². The zero-order valence-electron chi connectivity index (χ0n) is 15.1.